The van der Waals surface area contributed by atoms with Crippen molar-refractivity contribution in [1.82, 2.24) is 0 Å². The van der Waals surface area contributed by atoms with Crippen molar-refractivity contribution in [3.8, 4) is 11.5 Å². The number of rotatable bonds is 9. The molecule has 4 nitrogen and oxygen atoms in total. The second kappa shape index (κ2) is 8.64. The monoisotopic (exact) mass is 252 g/mol. The molecule has 4 heteroatoms. The van der Waals surface area contributed by atoms with E-state index in [-0.39, 0.29) is 0 Å². The van der Waals surface area contributed by atoms with Crippen LogP contribution in [0.1, 0.15) is 25.7 Å². The fourth-order valence-electron chi connectivity index (χ4n) is 1.80. The van der Waals surface area contributed by atoms with Crippen molar-refractivity contribution in [2.24, 2.45) is 5.73 Å². The van der Waals surface area contributed by atoms with Crippen LogP contribution in [0, 0.1) is 0 Å². The summed E-state index contributed by atoms with van der Waals surface area (Å²) in [6, 6.07) is 5.87. The smallest absolute Gasteiger partial charge is 0.162 e. The third kappa shape index (κ3) is 4.84. The molecule has 102 valence electrons. The van der Waals surface area contributed by atoms with E-state index in [4.69, 9.17) is 15.2 Å². The van der Waals surface area contributed by atoms with Crippen molar-refractivity contribution in [2.75, 3.05) is 32.6 Å². The van der Waals surface area contributed by atoms with Crippen LogP contribution in [0.3, 0.4) is 0 Å². The summed E-state index contributed by atoms with van der Waals surface area (Å²) >= 11 is 0. The van der Waals surface area contributed by atoms with Crippen molar-refractivity contribution in [3.05, 3.63) is 18.2 Å². The standard InChI is InChI=1S/C14H24N2O2/c1-17-13-8-7-12(11-14(13)18-2)16-10-6-4-3-5-9-15/h7-8,11,16H,3-6,9-10,15H2,1-2H3. The summed E-state index contributed by atoms with van der Waals surface area (Å²) in [5, 5.41) is 3.38. The fraction of sp³-hybridized carbons (Fsp3) is 0.571. The Morgan fingerprint density at radius 1 is 1.00 bits per heavy atom. The van der Waals surface area contributed by atoms with E-state index >= 15 is 0 Å². The Balaban J connectivity index is 2.34. The van der Waals surface area contributed by atoms with E-state index in [2.05, 4.69) is 5.32 Å². The van der Waals surface area contributed by atoms with Crippen LogP contribution < -0.4 is 20.5 Å². The van der Waals surface area contributed by atoms with Crippen LogP contribution in [0.5, 0.6) is 11.5 Å². The maximum absolute atomic E-state index is 5.45. The Bertz CT molecular complexity index is 343. The van der Waals surface area contributed by atoms with E-state index in [1.54, 1.807) is 14.2 Å². The highest BCUT2D eigenvalue weighted by molar-refractivity contribution is 5.54. The van der Waals surface area contributed by atoms with Gasteiger partial charge in [0.25, 0.3) is 0 Å². The van der Waals surface area contributed by atoms with Gasteiger partial charge in [0.2, 0.25) is 0 Å². The number of nitrogens with one attached hydrogen (secondary N) is 1. The molecule has 1 rings (SSSR count). The molecular formula is C14H24N2O2. The molecule has 0 aliphatic rings. The summed E-state index contributed by atoms with van der Waals surface area (Å²) in [6.45, 7) is 1.77. The third-order valence-electron chi connectivity index (χ3n) is 2.84. The summed E-state index contributed by atoms with van der Waals surface area (Å²) in [7, 11) is 3.29. The molecule has 0 bridgehead atoms. The van der Waals surface area contributed by atoms with Gasteiger partial charge in [-0.1, -0.05) is 12.8 Å². The number of nitrogens with two attached hydrogens (primary N) is 1. The van der Waals surface area contributed by atoms with Crippen LogP contribution >= 0.6 is 0 Å². The van der Waals surface area contributed by atoms with Crippen molar-refractivity contribution in [2.45, 2.75) is 25.7 Å². The first-order valence-corrected chi connectivity index (χ1v) is 6.47. The van der Waals surface area contributed by atoms with Gasteiger partial charge in [0.05, 0.1) is 14.2 Å². The molecule has 0 fully saturated rings. The average molecular weight is 252 g/mol. The largest absolute Gasteiger partial charge is 0.493 e. The molecule has 0 aromatic heterocycles. The second-order valence-corrected chi connectivity index (χ2v) is 4.20. The van der Waals surface area contributed by atoms with E-state index < -0.39 is 0 Å². The topological polar surface area (TPSA) is 56.5 Å². The van der Waals surface area contributed by atoms with Crippen LogP contribution in [-0.4, -0.2) is 27.3 Å². The minimum absolute atomic E-state index is 0.755. The maximum Gasteiger partial charge on any atom is 0.162 e. The van der Waals surface area contributed by atoms with Crippen LogP contribution in [-0.2, 0) is 0 Å². The normalized spacial score (nSPS) is 10.2. The number of hydrogen-bond acceptors (Lipinski definition) is 4. The Morgan fingerprint density at radius 3 is 2.39 bits per heavy atom. The zero-order valence-electron chi connectivity index (χ0n) is 11.4. The molecule has 0 unspecified atom stereocenters. The van der Waals surface area contributed by atoms with Crippen LogP contribution in [0.15, 0.2) is 18.2 Å². The average Bonchev–Trinajstić information content (AvgIpc) is 2.42. The molecular weight excluding hydrogens is 228 g/mol. The summed E-state index contributed by atoms with van der Waals surface area (Å²) in [4.78, 5) is 0. The molecule has 0 radical (unpaired) electrons. The van der Waals surface area contributed by atoms with Crippen molar-refractivity contribution >= 4 is 5.69 Å². The van der Waals surface area contributed by atoms with Gasteiger partial charge >= 0.3 is 0 Å². The molecule has 1 aromatic rings. The number of ether oxygens (including phenoxy) is 2. The van der Waals surface area contributed by atoms with E-state index in [1.165, 1.54) is 12.8 Å². The Labute approximate surface area is 109 Å². The number of anilines is 1. The zero-order valence-corrected chi connectivity index (χ0v) is 11.4. The highest BCUT2D eigenvalue weighted by Crippen LogP contribution is 2.29. The molecule has 0 saturated carbocycles. The van der Waals surface area contributed by atoms with Gasteiger partial charge in [0.1, 0.15) is 0 Å². The number of hydrogen-bond donors (Lipinski definition) is 2. The number of benzene rings is 1. The fourth-order valence-corrected chi connectivity index (χ4v) is 1.80. The van der Waals surface area contributed by atoms with E-state index in [0.29, 0.717) is 0 Å². The first-order valence-electron chi connectivity index (χ1n) is 6.47. The zero-order chi connectivity index (χ0) is 13.2. The van der Waals surface area contributed by atoms with Gasteiger partial charge < -0.3 is 20.5 Å². The first kappa shape index (κ1) is 14.6. The highest BCUT2D eigenvalue weighted by Gasteiger charge is 2.03. The molecule has 1 aromatic carbocycles. The maximum atomic E-state index is 5.45. The molecule has 0 amide bonds. The molecule has 0 aliphatic carbocycles. The molecule has 0 aliphatic heterocycles. The van der Waals surface area contributed by atoms with Gasteiger partial charge in [0.15, 0.2) is 11.5 Å². The quantitative estimate of drug-likeness (QED) is 0.663. The van der Waals surface area contributed by atoms with Crippen LogP contribution in [0.4, 0.5) is 5.69 Å². The second-order valence-electron chi connectivity index (χ2n) is 4.20. The molecule has 0 heterocycles. The predicted molar refractivity (Wildman–Crippen MR) is 75.6 cm³/mol. The number of methoxy groups -OCH3 is 2. The Hall–Kier alpha value is -1.42. The molecule has 3 N–H and O–H groups in total. The lowest BCUT2D eigenvalue weighted by molar-refractivity contribution is 0.355. The lowest BCUT2D eigenvalue weighted by Gasteiger charge is -2.11. The van der Waals surface area contributed by atoms with Gasteiger partial charge in [-0.25, -0.2) is 0 Å². The van der Waals surface area contributed by atoms with Crippen molar-refractivity contribution < 1.29 is 9.47 Å². The van der Waals surface area contributed by atoms with Crippen molar-refractivity contribution in [3.63, 3.8) is 0 Å². The van der Waals surface area contributed by atoms with Crippen molar-refractivity contribution in [1.29, 1.82) is 0 Å². The summed E-state index contributed by atoms with van der Waals surface area (Å²) < 4.78 is 10.5. The lowest BCUT2D eigenvalue weighted by Crippen LogP contribution is -2.03. The summed E-state index contributed by atoms with van der Waals surface area (Å²) in [5.41, 5.74) is 6.51. The minimum atomic E-state index is 0.755. The Morgan fingerprint density at radius 2 is 1.72 bits per heavy atom. The SMILES string of the molecule is COc1ccc(NCCCCCCN)cc1OC. The molecule has 0 spiro atoms. The first-order chi connectivity index (χ1) is 8.81. The molecule has 0 saturated heterocycles. The highest BCUT2D eigenvalue weighted by atomic mass is 16.5. The predicted octanol–water partition coefficient (Wildman–Crippen LogP) is 2.63. The molecule has 18 heavy (non-hydrogen) atoms. The van der Waals surface area contributed by atoms with Crippen LogP contribution in [0.25, 0.3) is 0 Å². The van der Waals surface area contributed by atoms with Gasteiger partial charge in [-0.2, -0.15) is 0 Å². The lowest BCUT2D eigenvalue weighted by atomic mass is 10.2. The van der Waals surface area contributed by atoms with Crippen LogP contribution in [0.2, 0.25) is 0 Å². The summed E-state index contributed by atoms with van der Waals surface area (Å²) in [5.74, 6) is 1.51. The van der Waals surface area contributed by atoms with E-state index in [9.17, 15) is 0 Å². The van der Waals surface area contributed by atoms with Gasteiger partial charge in [-0.3, -0.25) is 0 Å². The Kier molecular flexibility index (Phi) is 7.03. The third-order valence-corrected chi connectivity index (χ3v) is 2.84. The van der Waals surface area contributed by atoms with Gasteiger partial charge in [-0.05, 0) is 31.5 Å². The van der Waals surface area contributed by atoms with Gasteiger partial charge in [-0.15, -0.1) is 0 Å². The minimum Gasteiger partial charge on any atom is -0.493 e. The number of unbranched alkanes of at least 4 members (excludes halogenated alkanes) is 3. The van der Waals surface area contributed by atoms with E-state index in [1.807, 2.05) is 18.2 Å². The van der Waals surface area contributed by atoms with E-state index in [0.717, 1.165) is 43.1 Å². The van der Waals surface area contributed by atoms with Gasteiger partial charge in [0, 0.05) is 18.3 Å². The molecule has 0 atom stereocenters. The summed E-state index contributed by atoms with van der Waals surface area (Å²) in [6.07, 6.45) is 4.71.